The molecule has 2 N–H and O–H groups in total. The lowest BCUT2D eigenvalue weighted by Gasteiger charge is -2.09. The molecule has 7 heteroatoms. The van der Waals surface area contributed by atoms with Gasteiger partial charge in [-0.05, 0) is 25.0 Å². The summed E-state index contributed by atoms with van der Waals surface area (Å²) < 4.78 is 31.4. The van der Waals surface area contributed by atoms with E-state index in [1.807, 2.05) is 0 Å². The van der Waals surface area contributed by atoms with E-state index in [-0.39, 0.29) is 11.4 Å². The largest absolute Gasteiger partial charge is 0.497 e. The van der Waals surface area contributed by atoms with Crippen molar-refractivity contribution in [2.75, 3.05) is 13.7 Å². The third-order valence-corrected chi connectivity index (χ3v) is 4.34. The normalized spacial score (nSPS) is 12.9. The number of carbonyl (C=O) groups is 1. The molecule has 0 saturated heterocycles. The molecular formula is C13H19NO5S. The highest BCUT2D eigenvalue weighted by molar-refractivity contribution is 7.89. The molecule has 0 aliphatic carbocycles. The van der Waals surface area contributed by atoms with Gasteiger partial charge < -0.3 is 9.84 Å². The summed E-state index contributed by atoms with van der Waals surface area (Å²) in [4.78, 5) is 10.8. The first kappa shape index (κ1) is 16.5. The third-order valence-electron chi connectivity index (χ3n) is 2.88. The predicted molar refractivity (Wildman–Crippen MR) is 74.2 cm³/mol. The lowest BCUT2D eigenvalue weighted by molar-refractivity contribution is -0.141. The van der Waals surface area contributed by atoms with Crippen LogP contribution in [0, 0.1) is 5.92 Å². The highest BCUT2D eigenvalue weighted by Crippen LogP contribution is 2.16. The molecule has 0 aliphatic heterocycles. The number of methoxy groups -OCH3 is 1. The Hall–Kier alpha value is -1.60. The fourth-order valence-corrected chi connectivity index (χ4v) is 2.70. The molecule has 1 aromatic carbocycles. The van der Waals surface area contributed by atoms with E-state index in [2.05, 4.69) is 4.72 Å². The number of hydrogen-bond donors (Lipinski definition) is 2. The first-order valence-corrected chi connectivity index (χ1v) is 7.71. The van der Waals surface area contributed by atoms with E-state index >= 15 is 0 Å². The average molecular weight is 301 g/mol. The van der Waals surface area contributed by atoms with E-state index in [4.69, 9.17) is 9.84 Å². The van der Waals surface area contributed by atoms with Crippen LogP contribution in [0.3, 0.4) is 0 Å². The first-order valence-electron chi connectivity index (χ1n) is 6.23. The lowest BCUT2D eigenvalue weighted by Crippen LogP contribution is -2.25. The number of sulfonamides is 1. The summed E-state index contributed by atoms with van der Waals surface area (Å²) in [6, 6.07) is 6.17. The molecule has 20 heavy (non-hydrogen) atoms. The van der Waals surface area contributed by atoms with Crippen molar-refractivity contribution in [1.82, 2.24) is 4.72 Å². The van der Waals surface area contributed by atoms with E-state index in [0.717, 1.165) is 0 Å². The number of hydrogen-bond acceptors (Lipinski definition) is 4. The predicted octanol–water partition coefficient (Wildman–Crippen LogP) is 1.47. The second kappa shape index (κ2) is 7.25. The van der Waals surface area contributed by atoms with Crippen LogP contribution in [-0.2, 0) is 14.8 Å². The van der Waals surface area contributed by atoms with Gasteiger partial charge in [0.2, 0.25) is 10.0 Å². The zero-order valence-corrected chi connectivity index (χ0v) is 12.3. The number of ether oxygens (including phenoxy) is 1. The Morgan fingerprint density at radius 3 is 2.75 bits per heavy atom. The molecule has 0 aromatic heterocycles. The molecule has 1 unspecified atom stereocenters. The first-order chi connectivity index (χ1) is 9.36. The zero-order chi connectivity index (χ0) is 15.2. The topological polar surface area (TPSA) is 92.7 Å². The molecule has 1 rings (SSSR count). The van der Waals surface area contributed by atoms with Gasteiger partial charge >= 0.3 is 5.97 Å². The Morgan fingerprint density at radius 1 is 1.45 bits per heavy atom. The summed E-state index contributed by atoms with van der Waals surface area (Å²) >= 11 is 0. The maximum Gasteiger partial charge on any atom is 0.306 e. The van der Waals surface area contributed by atoms with Crippen LogP contribution in [0.4, 0.5) is 0 Å². The summed E-state index contributed by atoms with van der Waals surface area (Å²) in [5.74, 6) is -0.885. The monoisotopic (exact) mass is 301 g/mol. The third kappa shape index (κ3) is 4.82. The fourth-order valence-electron chi connectivity index (χ4n) is 1.59. The quantitative estimate of drug-likeness (QED) is 0.709. The molecule has 1 aromatic rings. The van der Waals surface area contributed by atoms with Gasteiger partial charge in [-0.3, -0.25) is 4.79 Å². The van der Waals surface area contributed by atoms with E-state index < -0.39 is 21.9 Å². The van der Waals surface area contributed by atoms with Gasteiger partial charge in [-0.1, -0.05) is 13.0 Å². The van der Waals surface area contributed by atoms with E-state index in [1.54, 1.807) is 19.1 Å². The van der Waals surface area contributed by atoms with E-state index in [1.165, 1.54) is 19.2 Å². The number of carboxylic acids is 1. The molecule has 0 saturated carbocycles. The second-order valence-corrected chi connectivity index (χ2v) is 6.23. The Bertz CT molecular complexity index is 556. The van der Waals surface area contributed by atoms with Crippen molar-refractivity contribution >= 4 is 16.0 Å². The standard InChI is InChI=1S/C13H19NO5S/c1-10(13(15)16)5-4-8-14-20(17,18)12-7-3-6-11(9-12)19-2/h3,6-7,9-10,14H,4-5,8H2,1-2H3,(H,15,16). The van der Waals surface area contributed by atoms with Gasteiger partial charge in [0, 0.05) is 12.6 Å². The molecule has 0 aliphatic rings. The second-order valence-electron chi connectivity index (χ2n) is 4.46. The minimum absolute atomic E-state index is 0.128. The molecule has 0 fully saturated rings. The molecule has 112 valence electrons. The molecule has 0 amide bonds. The number of carboxylic acid groups (broad SMARTS) is 1. The van der Waals surface area contributed by atoms with E-state index in [9.17, 15) is 13.2 Å². The van der Waals surface area contributed by atoms with Crippen molar-refractivity contribution in [3.63, 3.8) is 0 Å². The molecule has 0 radical (unpaired) electrons. The number of benzene rings is 1. The molecule has 0 spiro atoms. The molecule has 0 heterocycles. The fraction of sp³-hybridized carbons (Fsp3) is 0.462. The minimum atomic E-state index is -3.59. The molecule has 0 bridgehead atoms. The summed E-state index contributed by atoms with van der Waals surface area (Å²) in [6.45, 7) is 1.80. The van der Waals surface area contributed by atoms with Crippen LogP contribution >= 0.6 is 0 Å². The summed E-state index contributed by atoms with van der Waals surface area (Å²) in [5, 5.41) is 8.72. The van der Waals surface area contributed by atoms with Crippen molar-refractivity contribution in [3.8, 4) is 5.75 Å². The van der Waals surface area contributed by atoms with Crippen molar-refractivity contribution in [3.05, 3.63) is 24.3 Å². The van der Waals surface area contributed by atoms with Gasteiger partial charge in [0.15, 0.2) is 0 Å². The highest BCUT2D eigenvalue weighted by Gasteiger charge is 2.15. The zero-order valence-electron chi connectivity index (χ0n) is 11.5. The van der Waals surface area contributed by atoms with Crippen molar-refractivity contribution < 1.29 is 23.1 Å². The van der Waals surface area contributed by atoms with Gasteiger partial charge in [-0.25, -0.2) is 13.1 Å². The van der Waals surface area contributed by atoms with Crippen LogP contribution in [-0.4, -0.2) is 33.1 Å². The van der Waals surface area contributed by atoms with E-state index in [0.29, 0.717) is 18.6 Å². The summed E-state index contributed by atoms with van der Waals surface area (Å²) in [6.07, 6.45) is 0.895. The van der Waals surface area contributed by atoms with Crippen molar-refractivity contribution in [2.24, 2.45) is 5.92 Å². The van der Waals surface area contributed by atoms with Crippen LogP contribution in [0.15, 0.2) is 29.2 Å². The smallest absolute Gasteiger partial charge is 0.306 e. The van der Waals surface area contributed by atoms with Crippen LogP contribution in [0.5, 0.6) is 5.75 Å². The Balaban J connectivity index is 2.55. The maximum atomic E-state index is 12.0. The highest BCUT2D eigenvalue weighted by atomic mass is 32.2. The molecule has 1 atom stereocenters. The van der Waals surface area contributed by atoms with Gasteiger partial charge in [0.25, 0.3) is 0 Å². The van der Waals surface area contributed by atoms with Crippen molar-refractivity contribution in [2.45, 2.75) is 24.7 Å². The van der Waals surface area contributed by atoms with Crippen LogP contribution in [0.2, 0.25) is 0 Å². The maximum absolute atomic E-state index is 12.0. The minimum Gasteiger partial charge on any atom is -0.497 e. The van der Waals surface area contributed by atoms with Gasteiger partial charge in [0.05, 0.1) is 17.9 Å². The Kier molecular flexibility index (Phi) is 5.97. The van der Waals surface area contributed by atoms with Crippen LogP contribution < -0.4 is 9.46 Å². The Labute approximate surface area is 118 Å². The number of rotatable bonds is 8. The van der Waals surface area contributed by atoms with Crippen molar-refractivity contribution in [1.29, 1.82) is 0 Å². The summed E-state index contributed by atoms with van der Waals surface area (Å²) in [7, 11) is -2.12. The number of aliphatic carboxylic acids is 1. The summed E-state index contributed by atoms with van der Waals surface area (Å²) in [5.41, 5.74) is 0. The Morgan fingerprint density at radius 2 is 2.15 bits per heavy atom. The lowest BCUT2D eigenvalue weighted by atomic mass is 10.1. The molecule has 6 nitrogen and oxygen atoms in total. The van der Waals surface area contributed by atoms with Gasteiger partial charge in [-0.15, -0.1) is 0 Å². The van der Waals surface area contributed by atoms with Crippen LogP contribution in [0.1, 0.15) is 19.8 Å². The van der Waals surface area contributed by atoms with Crippen LogP contribution in [0.25, 0.3) is 0 Å². The van der Waals surface area contributed by atoms with Gasteiger partial charge in [0.1, 0.15) is 5.75 Å². The SMILES string of the molecule is COc1cccc(S(=O)(=O)NCCCC(C)C(=O)O)c1. The molecular weight excluding hydrogens is 282 g/mol. The average Bonchev–Trinajstić information content (AvgIpc) is 2.43. The number of nitrogens with one attached hydrogen (secondary N) is 1. The van der Waals surface area contributed by atoms with Gasteiger partial charge in [-0.2, -0.15) is 0 Å².